The number of nitrogens with zero attached hydrogens (tertiary/aromatic N) is 1. The number of aliphatic hydroxyl groups is 2. The van der Waals surface area contributed by atoms with Crippen molar-refractivity contribution in [1.29, 1.82) is 0 Å². The van der Waals surface area contributed by atoms with Gasteiger partial charge in [0, 0.05) is 23.0 Å². The highest BCUT2D eigenvalue weighted by atomic mass is 35.5. The average Bonchev–Trinajstić information content (AvgIpc) is 3.44. The normalized spacial score (nSPS) is 16.0. The summed E-state index contributed by atoms with van der Waals surface area (Å²) in [6.07, 6.45) is 0.793. The van der Waals surface area contributed by atoms with E-state index in [1.54, 1.807) is 28.4 Å². The van der Waals surface area contributed by atoms with Crippen LogP contribution >= 0.6 is 22.9 Å². The van der Waals surface area contributed by atoms with E-state index in [1.165, 1.54) is 6.42 Å². The number of aliphatic hydroxyl groups excluding tert-OH is 2. The summed E-state index contributed by atoms with van der Waals surface area (Å²) in [4.78, 5) is 27.7. The topological polar surface area (TPSA) is 89.9 Å². The largest absolute Gasteiger partial charge is 0.380 e. The molecule has 1 aliphatic rings. The van der Waals surface area contributed by atoms with Crippen LogP contribution in [0.1, 0.15) is 83.7 Å². The second kappa shape index (κ2) is 20.2. The van der Waals surface area contributed by atoms with Crippen molar-refractivity contribution < 1.29 is 19.8 Å². The zero-order valence-corrected chi connectivity index (χ0v) is 24.2. The summed E-state index contributed by atoms with van der Waals surface area (Å²) in [7, 11) is 0. The Hall–Kier alpha value is -1.93. The van der Waals surface area contributed by atoms with E-state index in [4.69, 9.17) is 11.6 Å². The molecule has 2 amide bonds. The number of likely N-dealkylation sites (tertiary alicyclic amines) is 1. The summed E-state index contributed by atoms with van der Waals surface area (Å²) < 4.78 is 0. The van der Waals surface area contributed by atoms with Gasteiger partial charge >= 0.3 is 0 Å². The maximum atomic E-state index is 12.9. The summed E-state index contributed by atoms with van der Waals surface area (Å²) in [6.45, 7) is 13.0. The molecule has 3 unspecified atom stereocenters. The van der Waals surface area contributed by atoms with E-state index in [9.17, 15) is 19.8 Å². The molecule has 1 aromatic carbocycles. The Labute approximate surface area is 226 Å². The lowest BCUT2D eigenvalue weighted by molar-refractivity contribution is -0.156. The van der Waals surface area contributed by atoms with E-state index < -0.39 is 24.0 Å². The number of hydrogen-bond donors (Lipinski definition) is 3. The fourth-order valence-corrected chi connectivity index (χ4v) is 4.38. The molecule has 0 spiro atoms. The Bertz CT molecular complexity index is 831. The van der Waals surface area contributed by atoms with Crippen molar-refractivity contribution in [2.75, 3.05) is 13.1 Å². The predicted molar refractivity (Wildman–Crippen MR) is 151 cm³/mol. The highest BCUT2D eigenvalue weighted by Gasteiger charge is 2.37. The molecule has 36 heavy (non-hydrogen) atoms. The molecule has 0 radical (unpaired) electrons. The van der Waals surface area contributed by atoms with Gasteiger partial charge in [-0.2, -0.15) is 0 Å². The zero-order chi connectivity index (χ0) is 27.5. The maximum absolute atomic E-state index is 12.9. The minimum atomic E-state index is -1.81. The van der Waals surface area contributed by atoms with E-state index in [1.807, 2.05) is 57.3 Å². The van der Waals surface area contributed by atoms with E-state index in [2.05, 4.69) is 19.2 Å². The summed E-state index contributed by atoms with van der Waals surface area (Å²) >= 11 is 7.53. The fourth-order valence-electron chi connectivity index (χ4n) is 3.54. The molecule has 1 fully saturated rings. The second-order valence-electron chi connectivity index (χ2n) is 7.81. The molecule has 0 bridgehead atoms. The van der Waals surface area contributed by atoms with Gasteiger partial charge < -0.3 is 20.4 Å². The number of piperidine rings is 1. The van der Waals surface area contributed by atoms with Gasteiger partial charge in [-0.25, -0.2) is 0 Å². The van der Waals surface area contributed by atoms with Gasteiger partial charge in [-0.05, 0) is 54.8 Å². The molecule has 3 atom stereocenters. The lowest BCUT2D eigenvalue weighted by Crippen LogP contribution is -2.52. The molecule has 0 saturated carbocycles. The minimum Gasteiger partial charge on any atom is -0.380 e. The SMILES string of the molecule is CC.CC.CCC.O=C(NCCc1cccs1)C(O)C(O)C(=O)N1CCCCC1c1ccc(Cl)cc1. The lowest BCUT2D eigenvalue weighted by Gasteiger charge is -2.37. The first-order valence-corrected chi connectivity index (χ1v) is 14.4. The Morgan fingerprint density at radius 2 is 1.67 bits per heavy atom. The molecule has 2 aromatic rings. The summed E-state index contributed by atoms with van der Waals surface area (Å²) in [5, 5.41) is 25.7. The first-order chi connectivity index (χ1) is 17.4. The zero-order valence-electron chi connectivity index (χ0n) is 22.7. The van der Waals surface area contributed by atoms with Crippen LogP contribution in [0.3, 0.4) is 0 Å². The summed E-state index contributed by atoms with van der Waals surface area (Å²) in [6, 6.07) is 10.9. The molecule has 0 aliphatic carbocycles. The van der Waals surface area contributed by atoms with Gasteiger partial charge in [-0.15, -0.1) is 11.3 Å². The van der Waals surface area contributed by atoms with Crippen LogP contribution in [0.25, 0.3) is 0 Å². The van der Waals surface area contributed by atoms with Gasteiger partial charge in [0.1, 0.15) is 0 Å². The highest BCUT2D eigenvalue weighted by molar-refractivity contribution is 7.09. The number of carbonyl (C=O) groups is 2. The fraction of sp³-hybridized carbons (Fsp3) is 0.571. The molecule has 1 saturated heterocycles. The van der Waals surface area contributed by atoms with E-state index in [0.717, 1.165) is 29.7 Å². The highest BCUT2D eigenvalue weighted by Crippen LogP contribution is 2.32. The van der Waals surface area contributed by atoms with E-state index in [0.29, 0.717) is 24.5 Å². The Morgan fingerprint density at radius 1 is 1.06 bits per heavy atom. The van der Waals surface area contributed by atoms with Crippen molar-refractivity contribution in [2.45, 2.75) is 91.9 Å². The predicted octanol–water partition coefficient (Wildman–Crippen LogP) is 6.00. The summed E-state index contributed by atoms with van der Waals surface area (Å²) in [5.74, 6) is -1.38. The van der Waals surface area contributed by atoms with Gasteiger partial charge in [0.25, 0.3) is 11.8 Å². The number of nitrogens with one attached hydrogen (secondary N) is 1. The molecule has 1 aromatic heterocycles. The lowest BCUT2D eigenvalue weighted by atomic mass is 9.94. The van der Waals surface area contributed by atoms with Crippen LogP contribution in [0.4, 0.5) is 0 Å². The monoisotopic (exact) mass is 540 g/mol. The van der Waals surface area contributed by atoms with Crippen molar-refractivity contribution >= 4 is 34.8 Å². The minimum absolute atomic E-state index is 0.211. The standard InChI is InChI=1S/C21H25ClN2O4S.C3H8.2C2H6/c22-15-8-6-14(7-9-15)17-5-1-2-12-24(17)21(28)19(26)18(25)20(27)23-11-10-16-4-3-13-29-16;1-3-2;2*1-2/h3-4,6-9,13,17-19,25-26H,1-2,5,10-12H2,(H,23,27);3H2,1-2H3;2*1-2H3. The van der Waals surface area contributed by atoms with Crippen molar-refractivity contribution in [3.63, 3.8) is 0 Å². The quantitative estimate of drug-likeness (QED) is 0.401. The van der Waals surface area contributed by atoms with Crippen LogP contribution in [0, 0.1) is 0 Å². The van der Waals surface area contributed by atoms with Gasteiger partial charge in [0.15, 0.2) is 12.2 Å². The molecule has 2 heterocycles. The number of halogens is 1. The van der Waals surface area contributed by atoms with Crippen LogP contribution in [0.2, 0.25) is 5.02 Å². The number of hydrogen-bond acceptors (Lipinski definition) is 5. The number of benzene rings is 1. The van der Waals surface area contributed by atoms with Crippen molar-refractivity contribution in [1.82, 2.24) is 10.2 Å². The van der Waals surface area contributed by atoms with Gasteiger partial charge in [0.2, 0.25) is 0 Å². The number of thiophene rings is 1. The molecule has 3 rings (SSSR count). The average molecular weight is 541 g/mol. The van der Waals surface area contributed by atoms with Crippen molar-refractivity contribution in [2.24, 2.45) is 0 Å². The molecular formula is C28H45ClN2O4S. The smallest absolute Gasteiger partial charge is 0.255 e. The molecular weight excluding hydrogens is 496 g/mol. The molecule has 8 heteroatoms. The van der Waals surface area contributed by atoms with Crippen LogP contribution in [-0.2, 0) is 16.0 Å². The van der Waals surface area contributed by atoms with Gasteiger partial charge in [0.05, 0.1) is 6.04 Å². The Balaban J connectivity index is 0.00000159. The van der Waals surface area contributed by atoms with Crippen molar-refractivity contribution in [3.05, 3.63) is 57.2 Å². The Morgan fingerprint density at radius 3 is 2.22 bits per heavy atom. The molecule has 204 valence electrons. The first-order valence-electron chi connectivity index (χ1n) is 13.1. The van der Waals surface area contributed by atoms with Crippen LogP contribution in [0.5, 0.6) is 0 Å². The molecule has 3 N–H and O–H groups in total. The van der Waals surface area contributed by atoms with Crippen LogP contribution in [-0.4, -0.2) is 52.2 Å². The second-order valence-corrected chi connectivity index (χ2v) is 9.28. The first kappa shape index (κ1) is 34.1. The third kappa shape index (κ3) is 11.4. The number of carbonyl (C=O) groups excluding carboxylic acids is 2. The van der Waals surface area contributed by atoms with Crippen LogP contribution in [0.15, 0.2) is 41.8 Å². The Kier molecular flexibility index (Phi) is 19.1. The summed E-state index contributed by atoms with van der Waals surface area (Å²) in [5.41, 5.74) is 0.921. The third-order valence-electron chi connectivity index (χ3n) is 5.11. The van der Waals surface area contributed by atoms with Crippen molar-refractivity contribution in [3.8, 4) is 0 Å². The number of rotatable bonds is 7. The maximum Gasteiger partial charge on any atom is 0.255 e. The number of amides is 2. The van der Waals surface area contributed by atoms with Gasteiger partial charge in [-0.3, -0.25) is 9.59 Å². The van der Waals surface area contributed by atoms with Crippen LogP contribution < -0.4 is 5.32 Å². The van der Waals surface area contributed by atoms with E-state index >= 15 is 0 Å². The van der Waals surface area contributed by atoms with E-state index in [-0.39, 0.29) is 6.04 Å². The van der Waals surface area contributed by atoms with Gasteiger partial charge in [-0.1, -0.05) is 77.8 Å². The molecule has 1 aliphatic heterocycles. The third-order valence-corrected chi connectivity index (χ3v) is 6.30. The molecule has 6 nitrogen and oxygen atoms in total.